The lowest BCUT2D eigenvalue weighted by atomic mass is 9.33. The predicted octanol–water partition coefficient (Wildman–Crippen LogP) is 27.8. The zero-order valence-corrected chi connectivity index (χ0v) is 66.5. The first-order valence-electron chi connectivity index (χ1n) is 40.3. The first-order chi connectivity index (χ1) is 54.6. The Hall–Kier alpha value is -12.7. The molecule has 0 N–H and O–H groups in total. The monoisotopic (exact) mass is 1450 g/mol. The highest BCUT2D eigenvalue weighted by Crippen LogP contribution is 2.56. The number of anilines is 6. The molecule has 0 saturated heterocycles. The summed E-state index contributed by atoms with van der Waals surface area (Å²) < 4.78 is 5.11. The van der Waals surface area contributed by atoms with Crippen LogP contribution in [-0.2, 0) is 21.7 Å². The van der Waals surface area contributed by atoms with E-state index in [0.717, 1.165) is 101 Å². The van der Waals surface area contributed by atoms with Gasteiger partial charge in [0.25, 0.3) is 6.71 Å². The summed E-state index contributed by atoms with van der Waals surface area (Å²) in [6.45, 7) is 27.7. The van der Waals surface area contributed by atoms with Crippen LogP contribution in [0.5, 0.6) is 0 Å². The van der Waals surface area contributed by atoms with Gasteiger partial charge in [-0.2, -0.15) is 0 Å². The van der Waals surface area contributed by atoms with E-state index in [0.29, 0.717) is 0 Å². The molecule has 2 aromatic heterocycles. The van der Waals surface area contributed by atoms with E-state index >= 15 is 0 Å². The van der Waals surface area contributed by atoms with Gasteiger partial charge in [0.15, 0.2) is 0 Å². The van der Waals surface area contributed by atoms with Crippen molar-refractivity contribution >= 4 is 133 Å². The molecule has 2 aliphatic rings. The smallest absolute Gasteiger partial charge is 0.252 e. The first kappa shape index (κ1) is 68.3. The van der Waals surface area contributed by atoms with Crippen molar-refractivity contribution < 1.29 is 0 Å². The molecule has 0 radical (unpaired) electrons. The Labute approximate surface area is 663 Å². The lowest BCUT2D eigenvalue weighted by Crippen LogP contribution is -2.61. The van der Waals surface area contributed by atoms with Gasteiger partial charge >= 0.3 is 0 Å². The Morgan fingerprint density at radius 1 is 0.230 bits per heavy atom. The van der Waals surface area contributed by atoms with Crippen molar-refractivity contribution in [3.05, 3.63) is 344 Å². The third-order valence-electron chi connectivity index (χ3n) is 25.0. The van der Waals surface area contributed by atoms with E-state index in [9.17, 15) is 0 Å². The summed E-state index contributed by atoms with van der Waals surface area (Å²) in [5, 5.41) is 12.8. The molecule has 0 spiro atoms. The van der Waals surface area contributed by atoms with Crippen molar-refractivity contribution in [2.45, 2.75) is 105 Å². The van der Waals surface area contributed by atoms with Gasteiger partial charge in [-0.25, -0.2) is 0 Å². The second kappa shape index (κ2) is 24.9. The fourth-order valence-corrected chi connectivity index (χ4v) is 19.3. The van der Waals surface area contributed by atoms with Gasteiger partial charge in [-0.15, -0.1) is 0 Å². The molecule has 544 valence electrons. The van der Waals surface area contributed by atoms with Gasteiger partial charge in [0.05, 0.1) is 33.4 Å². The normalized spacial score (nSPS) is 13.3. The highest BCUT2D eigenvalue weighted by molar-refractivity contribution is 7.00. The van der Waals surface area contributed by atoms with Crippen LogP contribution >= 0.6 is 0 Å². The van der Waals surface area contributed by atoms with E-state index in [1.54, 1.807) is 0 Å². The van der Waals surface area contributed by atoms with Gasteiger partial charge in [0.2, 0.25) is 0 Å². The Balaban J connectivity index is 0.940. The number of benzene rings is 17. The Bertz CT molecular complexity index is 6930. The van der Waals surface area contributed by atoms with Crippen LogP contribution in [0.25, 0.3) is 143 Å². The van der Waals surface area contributed by atoms with Crippen molar-refractivity contribution in [2.75, 3.05) is 9.80 Å². The minimum Gasteiger partial charge on any atom is -0.310 e. The van der Waals surface area contributed by atoms with Crippen molar-refractivity contribution in [2.24, 2.45) is 0 Å². The van der Waals surface area contributed by atoms with E-state index in [-0.39, 0.29) is 28.4 Å². The maximum absolute atomic E-state index is 2.75. The molecule has 0 fully saturated rings. The lowest BCUT2D eigenvalue weighted by molar-refractivity contribution is 0.590. The van der Waals surface area contributed by atoms with Gasteiger partial charge in [0, 0.05) is 77.9 Å². The van der Waals surface area contributed by atoms with Crippen molar-refractivity contribution in [3.63, 3.8) is 0 Å². The van der Waals surface area contributed by atoms with Crippen LogP contribution in [0.2, 0.25) is 0 Å². The Kier molecular flexibility index (Phi) is 15.1. The van der Waals surface area contributed by atoms with Crippen molar-refractivity contribution in [1.82, 2.24) is 9.13 Å². The standard InChI is InChI=1S/C108H89BN4/c1-105(2,3)74-50-44-67(45-51-74)80-36-24-38-82(71-30-20-32-76(60-71)107(7,8)9)103(80)112-94-64-78(110-90-42-18-16-34-84(90)85-35-17-19-43-91(85)110)54-56-88(94)109-89-57-55-79(111-92-58-48-69-28-22-40-86-87-41-23-29-70-49-59-93(111)101(99(70)87)100(92)98(69)86)65-95(89)113(97-63-73(62-96(112)102(97)109)66-26-14-13-15-27-66)104-81(68-46-52-75(53-47-68)106(4,5)6)37-25-39-83(104)72-31-21-33-77(61-72)108(10,11)12/h13-65H,1-12H3. The van der Waals surface area contributed by atoms with Gasteiger partial charge in [0.1, 0.15) is 0 Å². The number of rotatable bonds is 9. The van der Waals surface area contributed by atoms with E-state index in [1.165, 1.54) is 115 Å². The molecular weight excluding hydrogens is 1360 g/mol. The topological polar surface area (TPSA) is 16.3 Å². The molecule has 5 heteroatoms. The average molecular weight is 1450 g/mol. The minimum absolute atomic E-state index is 0.0564. The van der Waals surface area contributed by atoms with E-state index < -0.39 is 0 Å². The second-order valence-electron chi connectivity index (χ2n) is 36.0. The van der Waals surface area contributed by atoms with E-state index in [4.69, 9.17) is 0 Å². The summed E-state index contributed by atoms with van der Waals surface area (Å²) in [6, 6.07) is 125. The van der Waals surface area contributed by atoms with Crippen molar-refractivity contribution in [1.29, 1.82) is 0 Å². The molecule has 17 aromatic carbocycles. The van der Waals surface area contributed by atoms with E-state index in [1.807, 2.05) is 0 Å². The third-order valence-corrected chi connectivity index (χ3v) is 25.0. The van der Waals surface area contributed by atoms with Crippen LogP contribution in [0, 0.1) is 0 Å². The van der Waals surface area contributed by atoms with Gasteiger partial charge in [-0.05, 0) is 187 Å². The molecule has 0 saturated carbocycles. The number of hydrogen-bond acceptors (Lipinski definition) is 2. The fourth-order valence-electron chi connectivity index (χ4n) is 19.3. The summed E-state index contributed by atoms with van der Waals surface area (Å²) in [7, 11) is 0. The minimum atomic E-state index is -0.279. The Morgan fingerprint density at radius 3 is 1.04 bits per heavy atom. The number of nitrogens with zero attached hydrogens (tertiary/aromatic N) is 4. The molecule has 4 nitrogen and oxygen atoms in total. The number of hydrogen-bond donors (Lipinski definition) is 0. The maximum Gasteiger partial charge on any atom is 0.252 e. The van der Waals surface area contributed by atoms with Crippen LogP contribution < -0.4 is 26.2 Å². The van der Waals surface area contributed by atoms with Crippen LogP contribution in [-0.4, -0.2) is 15.8 Å². The molecule has 21 rings (SSSR count). The van der Waals surface area contributed by atoms with Crippen LogP contribution in [0.4, 0.5) is 34.1 Å². The molecule has 4 heterocycles. The lowest BCUT2D eigenvalue weighted by Gasteiger charge is -2.46. The number of fused-ring (bicyclic) bond motifs is 8. The molecular formula is C108H89BN4. The van der Waals surface area contributed by atoms with Gasteiger partial charge in [-0.1, -0.05) is 344 Å². The predicted molar refractivity (Wildman–Crippen MR) is 486 cm³/mol. The molecule has 0 amide bonds. The molecule has 19 aromatic rings. The third kappa shape index (κ3) is 10.6. The van der Waals surface area contributed by atoms with Crippen LogP contribution in [0.3, 0.4) is 0 Å². The van der Waals surface area contributed by atoms with Crippen molar-refractivity contribution in [3.8, 4) is 67.0 Å². The van der Waals surface area contributed by atoms with Gasteiger partial charge < -0.3 is 18.9 Å². The summed E-state index contributed by atoms with van der Waals surface area (Å²) in [5.41, 5.74) is 33.6. The summed E-state index contributed by atoms with van der Waals surface area (Å²) in [6.07, 6.45) is 0. The first-order valence-corrected chi connectivity index (χ1v) is 40.3. The number of para-hydroxylation sites is 4. The Morgan fingerprint density at radius 2 is 0.602 bits per heavy atom. The summed E-state index contributed by atoms with van der Waals surface area (Å²) in [5.74, 6) is 0. The van der Waals surface area contributed by atoms with Crippen LogP contribution in [0.15, 0.2) is 322 Å². The zero-order chi connectivity index (χ0) is 76.9. The number of aromatic nitrogens is 2. The molecule has 2 aliphatic heterocycles. The summed E-state index contributed by atoms with van der Waals surface area (Å²) >= 11 is 0. The highest BCUT2D eigenvalue weighted by atomic mass is 15.2. The van der Waals surface area contributed by atoms with Gasteiger partial charge in [-0.3, -0.25) is 0 Å². The molecule has 0 bridgehead atoms. The zero-order valence-electron chi connectivity index (χ0n) is 66.5. The summed E-state index contributed by atoms with van der Waals surface area (Å²) in [4.78, 5) is 5.49. The fraction of sp³-hybridized carbons (Fsp3) is 0.148. The maximum atomic E-state index is 2.75. The SMILES string of the molecule is CC(C)(C)c1ccc(-c2cccc(-c3cccc(C(C)(C)C)c3)c2N2c3cc(-n4c5ccccc5c5ccccc54)ccc3B3c4ccc(-n5c6ccc7cccc8c9cccc%10ccc5c(c%109)c6c78)cc4N(c4c(-c5ccc(C(C)(C)C)cc5)cccc4-c4cccc(C(C)(C)C)c4)c4cc(-c5ccccc5)cc2c43)cc1. The molecule has 113 heavy (non-hydrogen) atoms. The highest BCUT2D eigenvalue weighted by Gasteiger charge is 2.46. The molecule has 0 atom stereocenters. The molecule has 0 unspecified atom stereocenters. The average Bonchev–Trinajstić information content (AvgIpc) is 1.68. The largest absolute Gasteiger partial charge is 0.310 e. The van der Waals surface area contributed by atoms with E-state index in [2.05, 4.69) is 424 Å². The second-order valence-corrected chi connectivity index (χ2v) is 36.0. The quantitative estimate of drug-likeness (QED) is 0.0813. The van der Waals surface area contributed by atoms with Crippen LogP contribution in [0.1, 0.15) is 105 Å². The molecule has 0 aliphatic carbocycles.